The molecule has 3 rings (SSSR count). The van der Waals surface area contributed by atoms with Crippen molar-refractivity contribution in [3.63, 3.8) is 0 Å². The monoisotopic (exact) mass is 527 g/mol. The summed E-state index contributed by atoms with van der Waals surface area (Å²) in [6.45, 7) is -0.866. The van der Waals surface area contributed by atoms with E-state index in [1.807, 2.05) is 0 Å². The Bertz CT molecular complexity index is 1270. The SMILES string of the molecule is O=C(CN(Cc1c(Cl)cccc1Cl)S(=O)(=O)c1ccc(Cl)cc1)N/N=C\c1ccccc1F. The van der Waals surface area contributed by atoms with E-state index in [2.05, 4.69) is 10.5 Å². The molecule has 0 aromatic heterocycles. The Balaban J connectivity index is 1.85. The van der Waals surface area contributed by atoms with E-state index in [0.717, 1.165) is 10.5 Å². The molecular weight excluding hydrogens is 512 g/mol. The van der Waals surface area contributed by atoms with Crippen LogP contribution >= 0.6 is 34.8 Å². The van der Waals surface area contributed by atoms with Crippen molar-refractivity contribution in [3.05, 3.63) is 98.7 Å². The number of hydrazone groups is 1. The number of halogens is 4. The second kappa shape index (κ2) is 11.1. The molecule has 33 heavy (non-hydrogen) atoms. The Morgan fingerprint density at radius 3 is 2.24 bits per heavy atom. The van der Waals surface area contributed by atoms with E-state index in [9.17, 15) is 17.6 Å². The highest BCUT2D eigenvalue weighted by Gasteiger charge is 2.28. The highest BCUT2D eigenvalue weighted by Crippen LogP contribution is 2.28. The molecule has 0 fully saturated rings. The fraction of sp³-hybridized carbons (Fsp3) is 0.0909. The molecular formula is C22H17Cl3FN3O3S. The summed E-state index contributed by atoms with van der Waals surface area (Å²) in [5, 5.41) is 4.56. The largest absolute Gasteiger partial charge is 0.272 e. The molecule has 0 aliphatic rings. The molecule has 0 aliphatic carbocycles. The first kappa shape index (κ1) is 25.1. The van der Waals surface area contributed by atoms with Crippen LogP contribution in [0.5, 0.6) is 0 Å². The van der Waals surface area contributed by atoms with Crippen LogP contribution in [0.15, 0.2) is 76.7 Å². The minimum absolute atomic E-state index is 0.0715. The maximum Gasteiger partial charge on any atom is 0.255 e. The van der Waals surface area contributed by atoms with Gasteiger partial charge in [0.1, 0.15) is 5.82 Å². The van der Waals surface area contributed by atoms with Gasteiger partial charge in [-0.05, 0) is 42.5 Å². The van der Waals surface area contributed by atoms with Crippen molar-refractivity contribution in [2.45, 2.75) is 11.4 Å². The number of amides is 1. The van der Waals surface area contributed by atoms with Gasteiger partial charge >= 0.3 is 0 Å². The van der Waals surface area contributed by atoms with Crippen molar-refractivity contribution in [2.24, 2.45) is 5.10 Å². The molecule has 11 heteroatoms. The second-order valence-electron chi connectivity index (χ2n) is 6.74. The van der Waals surface area contributed by atoms with Crippen LogP contribution < -0.4 is 5.43 Å². The first-order valence-electron chi connectivity index (χ1n) is 9.43. The molecule has 0 unspecified atom stereocenters. The highest BCUT2D eigenvalue weighted by atomic mass is 35.5. The topological polar surface area (TPSA) is 78.8 Å². The normalized spacial score (nSPS) is 11.8. The van der Waals surface area contributed by atoms with E-state index in [1.54, 1.807) is 24.3 Å². The Morgan fingerprint density at radius 2 is 1.61 bits per heavy atom. The zero-order valence-electron chi connectivity index (χ0n) is 16.9. The summed E-state index contributed by atoms with van der Waals surface area (Å²) in [7, 11) is -4.14. The third-order valence-corrected chi connectivity index (χ3v) is 7.23. The summed E-state index contributed by atoms with van der Waals surface area (Å²) in [4.78, 5) is 12.4. The van der Waals surface area contributed by atoms with Crippen molar-refractivity contribution in [3.8, 4) is 0 Å². The van der Waals surface area contributed by atoms with Crippen molar-refractivity contribution < 1.29 is 17.6 Å². The second-order valence-corrected chi connectivity index (χ2v) is 9.93. The van der Waals surface area contributed by atoms with Crippen LogP contribution in [0.4, 0.5) is 4.39 Å². The smallest absolute Gasteiger partial charge is 0.255 e. The number of hydrogen-bond donors (Lipinski definition) is 1. The first-order valence-corrected chi connectivity index (χ1v) is 12.0. The number of nitrogens with one attached hydrogen (secondary N) is 1. The van der Waals surface area contributed by atoms with E-state index in [-0.39, 0.29) is 27.0 Å². The lowest BCUT2D eigenvalue weighted by molar-refractivity contribution is -0.121. The zero-order chi connectivity index (χ0) is 24.0. The Morgan fingerprint density at radius 1 is 0.970 bits per heavy atom. The average Bonchev–Trinajstić information content (AvgIpc) is 2.77. The molecule has 0 saturated carbocycles. The number of carbonyl (C=O) groups excluding carboxylic acids is 1. The maximum absolute atomic E-state index is 13.7. The van der Waals surface area contributed by atoms with Crippen LogP contribution in [0.3, 0.4) is 0 Å². The summed E-state index contributed by atoms with van der Waals surface area (Å²) in [6, 6.07) is 16.1. The number of hydrogen-bond acceptors (Lipinski definition) is 4. The van der Waals surface area contributed by atoms with Crippen LogP contribution in [0.25, 0.3) is 0 Å². The summed E-state index contributed by atoms with van der Waals surface area (Å²) < 4.78 is 41.2. The Kier molecular flexibility index (Phi) is 8.45. The number of sulfonamides is 1. The van der Waals surface area contributed by atoms with Gasteiger partial charge in [0.05, 0.1) is 17.7 Å². The first-order chi connectivity index (χ1) is 15.7. The number of rotatable bonds is 8. The third-order valence-electron chi connectivity index (χ3n) is 4.47. The van der Waals surface area contributed by atoms with Crippen LogP contribution in [-0.2, 0) is 21.4 Å². The summed E-state index contributed by atoms with van der Waals surface area (Å²) in [5.41, 5.74) is 2.70. The number of benzene rings is 3. The highest BCUT2D eigenvalue weighted by molar-refractivity contribution is 7.89. The van der Waals surface area contributed by atoms with Gasteiger partial charge in [-0.1, -0.05) is 59.1 Å². The summed E-state index contributed by atoms with van der Waals surface area (Å²) >= 11 is 18.3. The molecule has 0 saturated heterocycles. The van der Waals surface area contributed by atoms with Gasteiger partial charge in [-0.2, -0.15) is 9.41 Å². The molecule has 0 aliphatic heterocycles. The van der Waals surface area contributed by atoms with Gasteiger partial charge in [0.2, 0.25) is 10.0 Å². The minimum atomic E-state index is -4.14. The molecule has 3 aromatic carbocycles. The molecule has 3 aromatic rings. The lowest BCUT2D eigenvalue weighted by atomic mass is 10.2. The third kappa shape index (κ3) is 6.52. The quantitative estimate of drug-likeness (QED) is 0.325. The van der Waals surface area contributed by atoms with Gasteiger partial charge in [0, 0.05) is 32.7 Å². The lowest BCUT2D eigenvalue weighted by Crippen LogP contribution is -2.39. The van der Waals surface area contributed by atoms with Crippen molar-refractivity contribution >= 4 is 56.9 Å². The molecule has 0 spiro atoms. The maximum atomic E-state index is 13.7. The fourth-order valence-electron chi connectivity index (χ4n) is 2.79. The average molecular weight is 529 g/mol. The predicted octanol–water partition coefficient (Wildman–Crippen LogP) is 5.13. The minimum Gasteiger partial charge on any atom is -0.272 e. The van der Waals surface area contributed by atoms with E-state index in [1.165, 1.54) is 42.5 Å². The Labute approximate surface area is 205 Å². The Hall–Kier alpha value is -2.49. The van der Waals surface area contributed by atoms with Gasteiger partial charge in [-0.3, -0.25) is 4.79 Å². The predicted molar refractivity (Wildman–Crippen MR) is 128 cm³/mol. The summed E-state index contributed by atoms with van der Waals surface area (Å²) in [6.07, 6.45) is 1.12. The summed E-state index contributed by atoms with van der Waals surface area (Å²) in [5.74, 6) is -1.26. The standard InChI is InChI=1S/C22H17Cl3FN3O3S/c23-16-8-10-17(11-9-16)33(31,32)29(13-18-19(24)5-3-6-20(18)25)14-22(30)28-27-12-15-4-1-2-7-21(15)26/h1-12H,13-14H2,(H,28,30)/b27-12-. The van der Waals surface area contributed by atoms with Crippen molar-refractivity contribution in [1.82, 2.24) is 9.73 Å². The zero-order valence-corrected chi connectivity index (χ0v) is 20.0. The number of carbonyl (C=O) groups is 1. The molecule has 1 amide bonds. The van der Waals surface area contributed by atoms with Gasteiger partial charge < -0.3 is 0 Å². The van der Waals surface area contributed by atoms with Gasteiger partial charge in [-0.25, -0.2) is 18.2 Å². The van der Waals surface area contributed by atoms with Crippen LogP contribution in [0, 0.1) is 5.82 Å². The molecule has 172 valence electrons. The van der Waals surface area contributed by atoms with Gasteiger partial charge in [0.15, 0.2) is 0 Å². The molecule has 0 radical (unpaired) electrons. The molecule has 0 atom stereocenters. The fourth-order valence-corrected chi connectivity index (χ4v) is 4.80. The van der Waals surface area contributed by atoms with Crippen LogP contribution in [0.1, 0.15) is 11.1 Å². The van der Waals surface area contributed by atoms with E-state index in [0.29, 0.717) is 10.6 Å². The molecule has 0 bridgehead atoms. The van der Waals surface area contributed by atoms with Gasteiger partial charge in [0.25, 0.3) is 5.91 Å². The van der Waals surface area contributed by atoms with E-state index < -0.39 is 28.3 Å². The van der Waals surface area contributed by atoms with Crippen LogP contribution in [-0.4, -0.2) is 31.4 Å². The van der Waals surface area contributed by atoms with Crippen molar-refractivity contribution in [2.75, 3.05) is 6.54 Å². The van der Waals surface area contributed by atoms with Gasteiger partial charge in [-0.15, -0.1) is 0 Å². The molecule has 6 nitrogen and oxygen atoms in total. The lowest BCUT2D eigenvalue weighted by Gasteiger charge is -2.22. The van der Waals surface area contributed by atoms with Crippen LogP contribution in [0.2, 0.25) is 15.1 Å². The van der Waals surface area contributed by atoms with E-state index >= 15 is 0 Å². The number of nitrogens with zero attached hydrogens (tertiary/aromatic N) is 2. The van der Waals surface area contributed by atoms with E-state index in [4.69, 9.17) is 34.8 Å². The van der Waals surface area contributed by atoms with Crippen molar-refractivity contribution in [1.29, 1.82) is 0 Å². The molecule has 0 heterocycles. The molecule has 1 N–H and O–H groups in total.